The Morgan fingerprint density at radius 2 is 1.52 bits per heavy atom. The normalized spacial score (nSPS) is 12.3. The number of anilines is 1. The molecule has 0 bridgehead atoms. The number of benzene rings is 2. The van der Waals surface area contributed by atoms with Crippen molar-refractivity contribution >= 4 is 38.3 Å². The van der Waals surface area contributed by atoms with Gasteiger partial charge in [-0.25, -0.2) is 8.42 Å². The predicted molar refractivity (Wildman–Crippen MR) is 102 cm³/mol. The van der Waals surface area contributed by atoms with Crippen molar-refractivity contribution in [3.8, 4) is 0 Å². The van der Waals surface area contributed by atoms with E-state index in [1.54, 1.807) is 0 Å². The Bertz CT molecular complexity index is 1360. The average molecular weight is 448 g/mol. The Morgan fingerprint density at radius 1 is 0.931 bits per heavy atom. The number of nitrogens with zero attached hydrogens (tertiary/aromatic N) is 2. The number of hydrogen-bond donors (Lipinski definition) is 1. The fourth-order valence-electron chi connectivity index (χ4n) is 2.75. The first kappa shape index (κ1) is 20.9. The molecule has 0 aliphatic heterocycles. The van der Waals surface area contributed by atoms with Crippen molar-refractivity contribution in [3.05, 3.63) is 67.7 Å². The van der Waals surface area contributed by atoms with Gasteiger partial charge in [0.05, 0.1) is 26.5 Å². The number of aromatic nitrogens is 2. The first-order valence-corrected chi connectivity index (χ1v) is 9.78. The van der Waals surface area contributed by atoms with Gasteiger partial charge in [0, 0.05) is 19.8 Å². The van der Waals surface area contributed by atoms with Crippen molar-refractivity contribution in [1.82, 2.24) is 9.13 Å². The number of nitrogens with one attached hydrogen (secondary N) is 1. The number of halogens is 4. The van der Waals surface area contributed by atoms with Gasteiger partial charge < -0.3 is 9.13 Å². The summed E-state index contributed by atoms with van der Waals surface area (Å²) in [5.74, 6) is 0. The lowest BCUT2D eigenvalue weighted by Gasteiger charge is -2.14. The highest BCUT2D eigenvalue weighted by atomic mass is 35.5. The quantitative estimate of drug-likeness (QED) is 0.625. The molecule has 1 aromatic heterocycles. The summed E-state index contributed by atoms with van der Waals surface area (Å²) >= 11 is 5.54. The molecule has 3 aromatic rings. The second-order valence-electron chi connectivity index (χ2n) is 6.18. The summed E-state index contributed by atoms with van der Waals surface area (Å²) < 4.78 is 68.4. The van der Waals surface area contributed by atoms with E-state index in [4.69, 9.17) is 11.6 Å². The van der Waals surface area contributed by atoms with Crippen LogP contribution in [0.2, 0.25) is 5.02 Å². The Kier molecular flexibility index (Phi) is 4.99. The molecule has 0 saturated carbocycles. The summed E-state index contributed by atoms with van der Waals surface area (Å²) in [7, 11) is -1.62. The van der Waals surface area contributed by atoms with Crippen LogP contribution in [0.15, 0.2) is 50.9 Å². The molecule has 2 aromatic carbocycles. The van der Waals surface area contributed by atoms with Gasteiger partial charge in [-0.3, -0.25) is 14.3 Å². The second kappa shape index (κ2) is 6.92. The molecule has 154 valence electrons. The Morgan fingerprint density at radius 3 is 2.10 bits per heavy atom. The Balaban J connectivity index is 2.10. The van der Waals surface area contributed by atoms with E-state index in [1.807, 2.05) is 0 Å². The molecule has 29 heavy (non-hydrogen) atoms. The van der Waals surface area contributed by atoms with Gasteiger partial charge in [-0.15, -0.1) is 0 Å². The zero-order valence-corrected chi connectivity index (χ0v) is 16.5. The third-order valence-electron chi connectivity index (χ3n) is 4.30. The van der Waals surface area contributed by atoms with E-state index in [1.165, 1.54) is 26.2 Å². The molecule has 1 N–H and O–H groups in total. The SMILES string of the molecule is Cn1c(=O)c(=O)n(C)c2cc(S(=O)(=O)Nc3ccc(Cl)c(C(F)(F)F)c3)ccc21. The summed E-state index contributed by atoms with van der Waals surface area (Å²) in [5.41, 5.74) is -2.69. The lowest BCUT2D eigenvalue weighted by molar-refractivity contribution is -0.137. The number of aryl methyl sites for hydroxylation is 2. The molecule has 0 unspecified atom stereocenters. The fourth-order valence-corrected chi connectivity index (χ4v) is 4.04. The molecule has 0 atom stereocenters. The molecule has 0 fully saturated rings. The summed E-state index contributed by atoms with van der Waals surface area (Å²) in [6, 6.07) is 6.26. The van der Waals surface area contributed by atoms with Gasteiger partial charge in [-0.1, -0.05) is 11.6 Å². The van der Waals surface area contributed by atoms with Crippen LogP contribution >= 0.6 is 11.6 Å². The lowest BCUT2D eigenvalue weighted by Crippen LogP contribution is -2.39. The van der Waals surface area contributed by atoms with Crippen molar-refractivity contribution in [2.75, 3.05) is 4.72 Å². The number of rotatable bonds is 3. The molecule has 0 aliphatic rings. The van der Waals surface area contributed by atoms with E-state index in [2.05, 4.69) is 4.72 Å². The van der Waals surface area contributed by atoms with Crippen LogP contribution in [-0.2, 0) is 30.3 Å². The van der Waals surface area contributed by atoms with Crippen LogP contribution in [0.3, 0.4) is 0 Å². The van der Waals surface area contributed by atoms with Crippen LogP contribution in [0, 0.1) is 0 Å². The minimum atomic E-state index is -4.76. The second-order valence-corrected chi connectivity index (χ2v) is 8.27. The van der Waals surface area contributed by atoms with Crippen LogP contribution in [0.1, 0.15) is 5.56 Å². The van der Waals surface area contributed by atoms with Crippen LogP contribution in [0.4, 0.5) is 18.9 Å². The van der Waals surface area contributed by atoms with E-state index < -0.39 is 37.9 Å². The number of sulfonamides is 1. The molecular weight excluding hydrogens is 435 g/mol. The predicted octanol–water partition coefficient (Wildman–Crippen LogP) is 2.71. The lowest BCUT2D eigenvalue weighted by atomic mass is 10.2. The molecule has 0 aliphatic carbocycles. The van der Waals surface area contributed by atoms with Gasteiger partial charge in [0.25, 0.3) is 10.0 Å². The highest BCUT2D eigenvalue weighted by Crippen LogP contribution is 2.36. The number of alkyl halides is 3. The summed E-state index contributed by atoms with van der Waals surface area (Å²) in [6.07, 6.45) is -4.76. The minimum absolute atomic E-state index is 0.159. The summed E-state index contributed by atoms with van der Waals surface area (Å²) in [6.45, 7) is 0. The van der Waals surface area contributed by atoms with E-state index in [9.17, 15) is 31.2 Å². The van der Waals surface area contributed by atoms with Crippen LogP contribution in [-0.4, -0.2) is 17.6 Å². The van der Waals surface area contributed by atoms with Crippen molar-refractivity contribution in [2.24, 2.45) is 14.1 Å². The molecule has 0 amide bonds. The van der Waals surface area contributed by atoms with Gasteiger partial charge in [-0.05, 0) is 36.4 Å². The fraction of sp³-hybridized carbons (Fsp3) is 0.176. The van der Waals surface area contributed by atoms with Crippen LogP contribution in [0.5, 0.6) is 0 Å². The third-order valence-corrected chi connectivity index (χ3v) is 6.00. The third kappa shape index (κ3) is 3.75. The standard InChI is InChI=1S/C17H13ClF3N3O4S/c1-23-13-6-4-10(8-14(13)24(2)16(26)15(23)25)29(27,28)22-9-3-5-12(18)11(7-9)17(19,20)21/h3-8,22H,1-2H3. The monoisotopic (exact) mass is 447 g/mol. The maximum atomic E-state index is 13.0. The van der Waals surface area contributed by atoms with E-state index in [-0.39, 0.29) is 16.1 Å². The molecule has 0 saturated heterocycles. The van der Waals surface area contributed by atoms with E-state index in [0.29, 0.717) is 11.6 Å². The molecule has 12 heteroatoms. The first-order chi connectivity index (χ1) is 13.3. The summed E-state index contributed by atoms with van der Waals surface area (Å²) in [4.78, 5) is 23.5. The Labute approximate surface area is 167 Å². The van der Waals surface area contributed by atoms with Crippen molar-refractivity contribution in [2.45, 2.75) is 11.1 Å². The molecule has 1 heterocycles. The number of fused-ring (bicyclic) bond motifs is 1. The van der Waals surface area contributed by atoms with Gasteiger partial charge in [0.2, 0.25) is 0 Å². The zero-order chi connectivity index (χ0) is 21.7. The topological polar surface area (TPSA) is 90.2 Å². The van der Waals surface area contributed by atoms with Crippen molar-refractivity contribution in [1.29, 1.82) is 0 Å². The maximum absolute atomic E-state index is 13.0. The average Bonchev–Trinajstić information content (AvgIpc) is 2.64. The Hall–Kier alpha value is -2.79. The molecular formula is C17H13ClF3N3O4S. The molecule has 7 nitrogen and oxygen atoms in total. The van der Waals surface area contributed by atoms with Gasteiger partial charge in [0.15, 0.2) is 0 Å². The van der Waals surface area contributed by atoms with E-state index in [0.717, 1.165) is 27.3 Å². The molecule has 0 radical (unpaired) electrons. The molecule has 3 rings (SSSR count). The van der Waals surface area contributed by atoms with Crippen LogP contribution < -0.4 is 15.8 Å². The van der Waals surface area contributed by atoms with Crippen molar-refractivity contribution < 1.29 is 21.6 Å². The van der Waals surface area contributed by atoms with E-state index >= 15 is 0 Å². The largest absolute Gasteiger partial charge is 0.417 e. The summed E-state index contributed by atoms with van der Waals surface area (Å²) in [5, 5.41) is -0.568. The van der Waals surface area contributed by atoms with Gasteiger partial charge in [-0.2, -0.15) is 13.2 Å². The smallest absolute Gasteiger partial charge is 0.305 e. The first-order valence-electron chi connectivity index (χ1n) is 7.92. The zero-order valence-electron chi connectivity index (χ0n) is 14.9. The maximum Gasteiger partial charge on any atom is 0.417 e. The minimum Gasteiger partial charge on any atom is -0.305 e. The highest BCUT2D eigenvalue weighted by Gasteiger charge is 2.33. The van der Waals surface area contributed by atoms with Crippen LogP contribution in [0.25, 0.3) is 11.0 Å². The van der Waals surface area contributed by atoms with Crippen molar-refractivity contribution in [3.63, 3.8) is 0 Å². The molecule has 0 spiro atoms. The number of hydrogen-bond acceptors (Lipinski definition) is 4. The van der Waals surface area contributed by atoms with Gasteiger partial charge in [0.1, 0.15) is 0 Å². The highest BCUT2D eigenvalue weighted by molar-refractivity contribution is 7.92. The van der Waals surface area contributed by atoms with Gasteiger partial charge >= 0.3 is 17.3 Å².